The Morgan fingerprint density at radius 3 is 2.79 bits per heavy atom. The molecular formula is C14H13BrClN3. The van der Waals surface area contributed by atoms with E-state index in [1.165, 1.54) is 11.1 Å². The first-order valence-electron chi connectivity index (χ1n) is 6.22. The van der Waals surface area contributed by atoms with Gasteiger partial charge in [-0.05, 0) is 33.6 Å². The van der Waals surface area contributed by atoms with Gasteiger partial charge in [0.05, 0.1) is 5.69 Å². The first-order chi connectivity index (χ1) is 9.22. The number of aromatic nitrogens is 2. The molecule has 1 aliphatic rings. The largest absolute Gasteiger partial charge is 0.312 e. The van der Waals surface area contributed by atoms with Gasteiger partial charge in [-0.15, -0.1) is 0 Å². The summed E-state index contributed by atoms with van der Waals surface area (Å²) in [7, 11) is 0. The van der Waals surface area contributed by atoms with E-state index in [1.54, 1.807) is 0 Å². The van der Waals surface area contributed by atoms with Crippen LogP contribution in [0.15, 0.2) is 28.9 Å². The predicted octanol–water partition coefficient (Wildman–Crippen LogP) is 3.13. The lowest BCUT2D eigenvalue weighted by molar-refractivity contribution is 0.617. The van der Waals surface area contributed by atoms with E-state index < -0.39 is 0 Å². The molecule has 19 heavy (non-hydrogen) atoms. The van der Waals surface area contributed by atoms with Crippen molar-refractivity contribution >= 4 is 27.5 Å². The molecule has 2 heterocycles. The Balaban J connectivity index is 1.89. The molecule has 2 aromatic rings. The summed E-state index contributed by atoms with van der Waals surface area (Å²) in [6.07, 6.45) is 1.69. The summed E-state index contributed by atoms with van der Waals surface area (Å²) in [4.78, 5) is 9.21. The normalized spacial score (nSPS) is 14.2. The van der Waals surface area contributed by atoms with Crippen molar-refractivity contribution in [2.45, 2.75) is 19.4 Å². The second kappa shape index (κ2) is 5.57. The Morgan fingerprint density at radius 1 is 1.21 bits per heavy atom. The summed E-state index contributed by atoms with van der Waals surface area (Å²) in [5.41, 5.74) is 3.51. The number of benzene rings is 1. The maximum Gasteiger partial charge on any atom is 0.134 e. The van der Waals surface area contributed by atoms with Crippen molar-refractivity contribution < 1.29 is 0 Å². The fourth-order valence-corrected chi connectivity index (χ4v) is 2.91. The number of halogens is 2. The van der Waals surface area contributed by atoms with Crippen LogP contribution in [0.3, 0.4) is 0 Å². The molecule has 0 amide bonds. The van der Waals surface area contributed by atoms with Gasteiger partial charge in [-0.3, -0.25) is 0 Å². The van der Waals surface area contributed by atoms with E-state index in [-0.39, 0.29) is 0 Å². The molecule has 0 saturated heterocycles. The second-order valence-electron chi connectivity index (χ2n) is 4.59. The minimum absolute atomic E-state index is 0.733. The molecule has 1 aromatic carbocycles. The fourth-order valence-electron chi connectivity index (χ4n) is 2.21. The maximum absolute atomic E-state index is 5.89. The Kier molecular flexibility index (Phi) is 3.82. The van der Waals surface area contributed by atoms with Crippen LogP contribution in [-0.2, 0) is 19.4 Å². The molecule has 0 unspecified atom stereocenters. The van der Waals surface area contributed by atoms with E-state index in [4.69, 9.17) is 11.6 Å². The van der Waals surface area contributed by atoms with Crippen LogP contribution in [0.4, 0.5) is 0 Å². The highest BCUT2D eigenvalue weighted by molar-refractivity contribution is 9.10. The number of nitrogens with one attached hydrogen (secondary N) is 1. The highest BCUT2D eigenvalue weighted by Gasteiger charge is 2.16. The van der Waals surface area contributed by atoms with E-state index in [0.29, 0.717) is 0 Å². The lowest BCUT2D eigenvalue weighted by atomic mass is 10.1. The third kappa shape index (κ3) is 2.96. The lowest BCUT2D eigenvalue weighted by Crippen LogP contribution is -2.26. The molecule has 3 nitrogen and oxygen atoms in total. The first kappa shape index (κ1) is 13.0. The molecule has 0 bridgehead atoms. The van der Waals surface area contributed by atoms with E-state index in [1.807, 2.05) is 24.3 Å². The van der Waals surface area contributed by atoms with E-state index in [2.05, 4.69) is 31.2 Å². The summed E-state index contributed by atoms with van der Waals surface area (Å²) < 4.78 is 0.911. The van der Waals surface area contributed by atoms with Crippen molar-refractivity contribution in [3.63, 3.8) is 0 Å². The van der Waals surface area contributed by atoms with Crippen LogP contribution in [0.2, 0.25) is 5.02 Å². The van der Waals surface area contributed by atoms with Gasteiger partial charge < -0.3 is 5.32 Å². The molecule has 0 spiro atoms. The molecule has 0 aliphatic carbocycles. The molecule has 1 aromatic heterocycles. The first-order valence-corrected chi connectivity index (χ1v) is 7.39. The van der Waals surface area contributed by atoms with Crippen molar-refractivity contribution in [1.29, 1.82) is 0 Å². The predicted molar refractivity (Wildman–Crippen MR) is 79.4 cm³/mol. The van der Waals surface area contributed by atoms with Gasteiger partial charge in [0.1, 0.15) is 10.4 Å². The number of hydrogen-bond donors (Lipinski definition) is 1. The number of nitrogens with zero attached hydrogens (tertiary/aromatic N) is 2. The zero-order valence-electron chi connectivity index (χ0n) is 10.3. The molecule has 98 valence electrons. The average molecular weight is 339 g/mol. The molecule has 1 N–H and O–H groups in total. The molecule has 0 atom stereocenters. The van der Waals surface area contributed by atoms with Gasteiger partial charge in [0.15, 0.2) is 0 Å². The minimum atomic E-state index is 0.733. The third-order valence-electron chi connectivity index (χ3n) is 3.20. The van der Waals surface area contributed by atoms with Crippen LogP contribution in [0, 0.1) is 0 Å². The van der Waals surface area contributed by atoms with Crippen molar-refractivity contribution in [2.75, 3.05) is 6.54 Å². The fraction of sp³-hybridized carbons (Fsp3) is 0.286. The smallest absolute Gasteiger partial charge is 0.134 e. The molecule has 0 radical (unpaired) electrons. The quantitative estimate of drug-likeness (QED) is 0.855. The van der Waals surface area contributed by atoms with Crippen molar-refractivity contribution in [3.05, 3.63) is 56.5 Å². The number of fused-ring (bicyclic) bond motifs is 1. The number of hydrogen-bond acceptors (Lipinski definition) is 3. The zero-order chi connectivity index (χ0) is 13.2. The average Bonchev–Trinajstić information content (AvgIpc) is 2.42. The van der Waals surface area contributed by atoms with Crippen molar-refractivity contribution in [3.8, 4) is 0 Å². The van der Waals surface area contributed by atoms with Crippen LogP contribution in [-0.4, -0.2) is 16.5 Å². The van der Waals surface area contributed by atoms with Crippen molar-refractivity contribution in [2.24, 2.45) is 0 Å². The molecule has 5 heteroatoms. The lowest BCUT2D eigenvalue weighted by Gasteiger charge is -2.17. The SMILES string of the molecule is Clc1ccc(Cc2nc(Br)c3c(n2)CCNC3)cc1. The van der Waals surface area contributed by atoms with E-state index in [9.17, 15) is 0 Å². The van der Waals surface area contributed by atoms with Crippen LogP contribution in [0.1, 0.15) is 22.6 Å². The van der Waals surface area contributed by atoms with Gasteiger partial charge in [-0.1, -0.05) is 23.7 Å². The summed E-state index contributed by atoms with van der Waals surface area (Å²) >= 11 is 9.43. The van der Waals surface area contributed by atoms with Gasteiger partial charge in [0.25, 0.3) is 0 Å². The highest BCUT2D eigenvalue weighted by Crippen LogP contribution is 2.21. The van der Waals surface area contributed by atoms with Crippen LogP contribution >= 0.6 is 27.5 Å². The topological polar surface area (TPSA) is 37.8 Å². The number of rotatable bonds is 2. The van der Waals surface area contributed by atoms with Gasteiger partial charge >= 0.3 is 0 Å². The Hall–Kier alpha value is -0.970. The van der Waals surface area contributed by atoms with Crippen LogP contribution in [0.25, 0.3) is 0 Å². The van der Waals surface area contributed by atoms with E-state index >= 15 is 0 Å². The maximum atomic E-state index is 5.89. The molecular weight excluding hydrogens is 326 g/mol. The molecule has 0 fully saturated rings. The Morgan fingerprint density at radius 2 is 2.00 bits per heavy atom. The third-order valence-corrected chi connectivity index (χ3v) is 4.11. The van der Waals surface area contributed by atoms with Gasteiger partial charge in [0, 0.05) is 36.5 Å². The van der Waals surface area contributed by atoms with Gasteiger partial charge in [-0.25, -0.2) is 9.97 Å². The standard InChI is InChI=1S/C14H13BrClN3/c15-14-11-8-17-6-5-12(11)18-13(19-14)7-9-1-3-10(16)4-2-9/h1-4,17H,5-8H2. The summed E-state index contributed by atoms with van der Waals surface area (Å²) in [5, 5.41) is 4.08. The molecule has 0 saturated carbocycles. The highest BCUT2D eigenvalue weighted by atomic mass is 79.9. The van der Waals surface area contributed by atoms with Crippen LogP contribution in [0.5, 0.6) is 0 Å². The van der Waals surface area contributed by atoms with Gasteiger partial charge in [-0.2, -0.15) is 0 Å². The summed E-state index contributed by atoms with van der Waals surface area (Å²) in [6, 6.07) is 7.82. The zero-order valence-corrected chi connectivity index (χ0v) is 12.6. The van der Waals surface area contributed by atoms with Crippen molar-refractivity contribution in [1.82, 2.24) is 15.3 Å². The molecule has 1 aliphatic heterocycles. The monoisotopic (exact) mass is 337 g/mol. The Bertz CT molecular complexity index is 598. The van der Waals surface area contributed by atoms with Gasteiger partial charge in [0.2, 0.25) is 0 Å². The Labute approximate surface area is 125 Å². The summed E-state index contributed by atoms with van der Waals surface area (Å²) in [5.74, 6) is 0.856. The molecule has 3 rings (SSSR count). The minimum Gasteiger partial charge on any atom is -0.312 e. The summed E-state index contributed by atoms with van der Waals surface area (Å²) in [6.45, 7) is 1.83. The second-order valence-corrected chi connectivity index (χ2v) is 5.77. The van der Waals surface area contributed by atoms with Crippen LogP contribution < -0.4 is 5.32 Å². The van der Waals surface area contributed by atoms with E-state index in [0.717, 1.165) is 47.1 Å².